The molecule has 0 aliphatic rings. The van der Waals surface area contributed by atoms with E-state index in [-0.39, 0.29) is 5.89 Å². The van der Waals surface area contributed by atoms with Gasteiger partial charge in [0.1, 0.15) is 5.75 Å². The van der Waals surface area contributed by atoms with Gasteiger partial charge < -0.3 is 13.9 Å². The number of hydrogen-bond donors (Lipinski definition) is 0. The van der Waals surface area contributed by atoms with Gasteiger partial charge in [-0.15, -0.1) is 10.2 Å². The van der Waals surface area contributed by atoms with Crippen LogP contribution < -0.4 is 4.74 Å². The second kappa shape index (κ2) is 8.15. The Balaban J connectivity index is 1.59. The summed E-state index contributed by atoms with van der Waals surface area (Å²) in [6, 6.07) is 17.8. The molecule has 3 aromatic rings. The molecule has 0 spiro atoms. The minimum Gasteiger partial charge on any atom is -0.479 e. The Bertz CT molecular complexity index is 945. The molecule has 2 aromatic carbocycles. The zero-order valence-electron chi connectivity index (χ0n) is 14.8. The summed E-state index contributed by atoms with van der Waals surface area (Å²) in [4.78, 5) is 12.2. The fourth-order valence-electron chi connectivity index (χ4n) is 2.28. The largest absolute Gasteiger partial charge is 0.479 e. The summed E-state index contributed by atoms with van der Waals surface area (Å²) in [5.74, 6) is 0.463. The maximum Gasteiger partial charge on any atom is 0.347 e. The Morgan fingerprint density at radius 1 is 1.07 bits per heavy atom. The number of rotatable bonds is 6. The quantitative estimate of drug-likeness (QED) is 0.616. The standard InChI is InChI=1S/C20H17N3O4/c1-13(18-22-23-19(27-18)16-6-4-3-5-7-16)26-20(24)14(2)25-17-10-8-15(12-21)9-11-17/h3-11,13-14H,1-2H3. The fourth-order valence-corrected chi connectivity index (χ4v) is 2.28. The third-order valence-electron chi connectivity index (χ3n) is 3.73. The van der Waals surface area contributed by atoms with Crippen LogP contribution in [0.15, 0.2) is 59.0 Å². The monoisotopic (exact) mass is 363 g/mol. The number of nitrogens with zero attached hydrogens (tertiary/aromatic N) is 3. The third-order valence-corrected chi connectivity index (χ3v) is 3.73. The van der Waals surface area contributed by atoms with Crippen molar-refractivity contribution >= 4 is 5.97 Å². The smallest absolute Gasteiger partial charge is 0.347 e. The van der Waals surface area contributed by atoms with Crippen LogP contribution in [0.25, 0.3) is 11.5 Å². The first-order chi connectivity index (χ1) is 13.1. The highest BCUT2D eigenvalue weighted by Crippen LogP contribution is 2.23. The number of carbonyl (C=O) groups excluding carboxylic acids is 1. The van der Waals surface area contributed by atoms with Crippen LogP contribution in [0.5, 0.6) is 5.75 Å². The van der Waals surface area contributed by atoms with E-state index in [1.807, 2.05) is 36.4 Å². The van der Waals surface area contributed by atoms with E-state index in [1.165, 1.54) is 0 Å². The molecular weight excluding hydrogens is 346 g/mol. The Labute approximate surface area is 156 Å². The van der Waals surface area contributed by atoms with Gasteiger partial charge in [-0.2, -0.15) is 5.26 Å². The van der Waals surface area contributed by atoms with Gasteiger partial charge in [0, 0.05) is 5.56 Å². The summed E-state index contributed by atoms with van der Waals surface area (Å²) in [5.41, 5.74) is 1.30. The maximum absolute atomic E-state index is 12.2. The van der Waals surface area contributed by atoms with Gasteiger partial charge in [-0.05, 0) is 50.2 Å². The number of hydrogen-bond acceptors (Lipinski definition) is 7. The molecule has 3 rings (SSSR count). The van der Waals surface area contributed by atoms with Crippen molar-refractivity contribution in [2.75, 3.05) is 0 Å². The average Bonchev–Trinajstić information content (AvgIpc) is 3.19. The molecule has 0 bridgehead atoms. The predicted molar refractivity (Wildman–Crippen MR) is 95.5 cm³/mol. The molecule has 1 aromatic heterocycles. The first-order valence-electron chi connectivity index (χ1n) is 8.33. The zero-order valence-corrected chi connectivity index (χ0v) is 14.8. The molecule has 7 nitrogen and oxygen atoms in total. The van der Waals surface area contributed by atoms with Crippen LogP contribution >= 0.6 is 0 Å². The van der Waals surface area contributed by atoms with E-state index in [2.05, 4.69) is 10.2 Å². The topological polar surface area (TPSA) is 98.2 Å². The van der Waals surface area contributed by atoms with Crippen molar-refractivity contribution < 1.29 is 18.7 Å². The van der Waals surface area contributed by atoms with Gasteiger partial charge in [0.2, 0.25) is 5.89 Å². The van der Waals surface area contributed by atoms with Crippen molar-refractivity contribution in [1.29, 1.82) is 5.26 Å². The lowest BCUT2D eigenvalue weighted by molar-refractivity contribution is -0.157. The van der Waals surface area contributed by atoms with E-state index < -0.39 is 18.2 Å². The highest BCUT2D eigenvalue weighted by atomic mass is 16.6. The van der Waals surface area contributed by atoms with Gasteiger partial charge in [0.25, 0.3) is 5.89 Å². The summed E-state index contributed by atoms with van der Waals surface area (Å²) >= 11 is 0. The van der Waals surface area contributed by atoms with Gasteiger partial charge in [-0.3, -0.25) is 0 Å². The van der Waals surface area contributed by atoms with E-state index >= 15 is 0 Å². The Morgan fingerprint density at radius 2 is 1.78 bits per heavy atom. The molecule has 7 heteroatoms. The maximum atomic E-state index is 12.2. The van der Waals surface area contributed by atoms with Gasteiger partial charge in [-0.25, -0.2) is 4.79 Å². The molecule has 0 aliphatic carbocycles. The fraction of sp³-hybridized carbons (Fsp3) is 0.200. The van der Waals surface area contributed by atoms with Crippen molar-refractivity contribution in [1.82, 2.24) is 10.2 Å². The molecule has 0 saturated heterocycles. The Hall–Kier alpha value is -3.66. The molecule has 2 atom stereocenters. The molecule has 136 valence electrons. The minimum absolute atomic E-state index is 0.202. The second-order valence-corrected chi connectivity index (χ2v) is 5.79. The van der Waals surface area contributed by atoms with Crippen LogP contribution in [0.1, 0.15) is 31.4 Å². The molecular formula is C20H17N3O4. The van der Waals surface area contributed by atoms with Crippen LogP contribution in [0.2, 0.25) is 0 Å². The number of ether oxygens (including phenoxy) is 2. The van der Waals surface area contributed by atoms with Crippen molar-refractivity contribution in [3.8, 4) is 23.3 Å². The molecule has 2 unspecified atom stereocenters. The number of benzene rings is 2. The van der Waals surface area contributed by atoms with E-state index in [4.69, 9.17) is 19.2 Å². The average molecular weight is 363 g/mol. The first kappa shape index (κ1) is 18.1. The lowest BCUT2D eigenvalue weighted by Gasteiger charge is -2.16. The molecule has 1 heterocycles. The van der Waals surface area contributed by atoms with Crippen molar-refractivity contribution in [2.45, 2.75) is 26.1 Å². The zero-order chi connectivity index (χ0) is 19.2. The summed E-state index contributed by atoms with van der Waals surface area (Å²) < 4.78 is 16.5. The highest BCUT2D eigenvalue weighted by molar-refractivity contribution is 5.74. The van der Waals surface area contributed by atoms with Gasteiger partial charge in [0.15, 0.2) is 12.2 Å². The van der Waals surface area contributed by atoms with E-state index in [9.17, 15) is 4.79 Å². The lowest BCUT2D eigenvalue weighted by atomic mass is 10.2. The van der Waals surface area contributed by atoms with Gasteiger partial charge in [-0.1, -0.05) is 18.2 Å². The van der Waals surface area contributed by atoms with E-state index in [0.29, 0.717) is 17.2 Å². The van der Waals surface area contributed by atoms with Crippen LogP contribution in [-0.2, 0) is 9.53 Å². The van der Waals surface area contributed by atoms with Crippen molar-refractivity contribution in [3.05, 3.63) is 66.1 Å². The molecule has 27 heavy (non-hydrogen) atoms. The molecule has 0 saturated carbocycles. The lowest BCUT2D eigenvalue weighted by Crippen LogP contribution is -2.27. The number of esters is 1. The van der Waals surface area contributed by atoms with E-state index in [1.54, 1.807) is 38.1 Å². The SMILES string of the molecule is CC(Oc1ccc(C#N)cc1)C(=O)OC(C)c1nnc(-c2ccccc2)o1. The number of nitriles is 1. The predicted octanol–water partition coefficient (Wildman–Crippen LogP) is 3.68. The summed E-state index contributed by atoms with van der Waals surface area (Å²) in [6.45, 7) is 3.23. The van der Waals surface area contributed by atoms with Crippen LogP contribution in [0.4, 0.5) is 0 Å². The van der Waals surface area contributed by atoms with Crippen LogP contribution in [0, 0.1) is 11.3 Å². The Morgan fingerprint density at radius 3 is 2.44 bits per heavy atom. The molecule has 0 fully saturated rings. The number of aromatic nitrogens is 2. The highest BCUT2D eigenvalue weighted by Gasteiger charge is 2.23. The molecule has 0 aliphatic heterocycles. The number of carbonyl (C=O) groups is 1. The van der Waals surface area contributed by atoms with Crippen LogP contribution in [0.3, 0.4) is 0 Å². The summed E-state index contributed by atoms with van der Waals surface area (Å²) in [6.07, 6.45) is -1.55. The van der Waals surface area contributed by atoms with Crippen molar-refractivity contribution in [2.24, 2.45) is 0 Å². The summed E-state index contributed by atoms with van der Waals surface area (Å²) in [5, 5.41) is 16.7. The minimum atomic E-state index is -0.836. The third kappa shape index (κ3) is 4.50. The molecule has 0 radical (unpaired) electrons. The van der Waals surface area contributed by atoms with Crippen LogP contribution in [-0.4, -0.2) is 22.3 Å². The normalized spacial score (nSPS) is 12.6. The first-order valence-corrected chi connectivity index (χ1v) is 8.33. The summed E-state index contributed by atoms with van der Waals surface area (Å²) in [7, 11) is 0. The van der Waals surface area contributed by atoms with Gasteiger partial charge in [0.05, 0.1) is 11.6 Å². The Kier molecular flexibility index (Phi) is 5.47. The molecule has 0 N–H and O–H groups in total. The van der Waals surface area contributed by atoms with E-state index in [0.717, 1.165) is 5.56 Å². The molecule has 0 amide bonds. The van der Waals surface area contributed by atoms with Gasteiger partial charge >= 0.3 is 5.97 Å². The van der Waals surface area contributed by atoms with Crippen molar-refractivity contribution in [3.63, 3.8) is 0 Å². The second-order valence-electron chi connectivity index (χ2n) is 5.79.